The van der Waals surface area contributed by atoms with Gasteiger partial charge in [0.1, 0.15) is 0 Å². The quantitative estimate of drug-likeness (QED) is 0.670. The smallest absolute Gasteiger partial charge is 0.0694 e. The highest BCUT2D eigenvalue weighted by Crippen LogP contribution is 2.43. The lowest BCUT2D eigenvalue weighted by Gasteiger charge is -2.47. The lowest BCUT2D eigenvalue weighted by Crippen LogP contribution is -2.62. The van der Waals surface area contributed by atoms with Crippen molar-refractivity contribution in [2.24, 2.45) is 16.9 Å². The molecular formula is C12H26N2. The van der Waals surface area contributed by atoms with E-state index in [0.717, 1.165) is 19.3 Å². The number of hydrogen-bond acceptors (Lipinski definition) is 2. The molecule has 0 saturated heterocycles. The fourth-order valence-corrected chi connectivity index (χ4v) is 2.99. The molecule has 0 aromatic heterocycles. The number of rotatable bonds is 2. The average molecular weight is 198 g/mol. The summed E-state index contributed by atoms with van der Waals surface area (Å²) in [7, 11) is 0. The van der Waals surface area contributed by atoms with E-state index in [1.807, 2.05) is 0 Å². The molecule has 0 radical (unpaired) electrons. The molecule has 0 bridgehead atoms. The van der Waals surface area contributed by atoms with Crippen molar-refractivity contribution in [1.82, 2.24) is 0 Å². The monoisotopic (exact) mass is 198 g/mol. The van der Waals surface area contributed by atoms with Crippen molar-refractivity contribution in [3.05, 3.63) is 0 Å². The molecule has 1 aliphatic rings. The SMILES string of the molecule is CCC1(CC)CCCCCCC1(N)N. The van der Waals surface area contributed by atoms with Crippen LogP contribution < -0.4 is 11.5 Å². The van der Waals surface area contributed by atoms with E-state index in [0.29, 0.717) is 0 Å². The van der Waals surface area contributed by atoms with Gasteiger partial charge in [0.15, 0.2) is 0 Å². The summed E-state index contributed by atoms with van der Waals surface area (Å²) >= 11 is 0. The zero-order valence-electron chi connectivity index (χ0n) is 9.81. The second kappa shape index (κ2) is 4.63. The molecular weight excluding hydrogens is 172 g/mol. The minimum Gasteiger partial charge on any atom is -0.313 e. The summed E-state index contributed by atoms with van der Waals surface area (Å²) in [4.78, 5) is 0. The van der Waals surface area contributed by atoms with Gasteiger partial charge in [-0.15, -0.1) is 0 Å². The molecule has 1 aliphatic carbocycles. The van der Waals surface area contributed by atoms with Crippen LogP contribution in [0.5, 0.6) is 0 Å². The first-order valence-electron chi connectivity index (χ1n) is 6.16. The second-order valence-corrected chi connectivity index (χ2v) is 4.94. The summed E-state index contributed by atoms with van der Waals surface area (Å²) in [5, 5.41) is 0. The van der Waals surface area contributed by atoms with Crippen LogP contribution in [0.25, 0.3) is 0 Å². The molecule has 0 heterocycles. The van der Waals surface area contributed by atoms with Gasteiger partial charge in [-0.1, -0.05) is 39.5 Å². The Balaban J connectivity index is 2.82. The maximum atomic E-state index is 6.33. The predicted molar refractivity (Wildman–Crippen MR) is 61.8 cm³/mol. The molecule has 1 saturated carbocycles. The standard InChI is InChI=1S/C12H26N2/c1-3-11(4-2)9-7-5-6-8-10-12(11,13)14/h3-10,13-14H2,1-2H3. The molecule has 0 aliphatic heterocycles. The third-order valence-electron chi connectivity index (χ3n) is 4.34. The molecule has 84 valence electrons. The van der Waals surface area contributed by atoms with Crippen molar-refractivity contribution in [3.63, 3.8) is 0 Å². The van der Waals surface area contributed by atoms with Gasteiger partial charge in [0.05, 0.1) is 5.66 Å². The van der Waals surface area contributed by atoms with Crippen LogP contribution in [-0.2, 0) is 0 Å². The maximum Gasteiger partial charge on any atom is 0.0694 e. The summed E-state index contributed by atoms with van der Waals surface area (Å²) in [6.45, 7) is 4.47. The maximum absolute atomic E-state index is 6.33. The molecule has 4 N–H and O–H groups in total. The Morgan fingerprint density at radius 1 is 0.857 bits per heavy atom. The fourth-order valence-electron chi connectivity index (χ4n) is 2.99. The Hall–Kier alpha value is -0.0800. The van der Waals surface area contributed by atoms with Crippen LogP contribution in [-0.4, -0.2) is 5.66 Å². The van der Waals surface area contributed by atoms with E-state index in [2.05, 4.69) is 13.8 Å². The van der Waals surface area contributed by atoms with Crippen molar-refractivity contribution < 1.29 is 0 Å². The van der Waals surface area contributed by atoms with Gasteiger partial charge < -0.3 is 11.5 Å². The van der Waals surface area contributed by atoms with Gasteiger partial charge in [-0.05, 0) is 25.7 Å². The Morgan fingerprint density at radius 2 is 1.36 bits per heavy atom. The minimum absolute atomic E-state index is 0.188. The summed E-state index contributed by atoms with van der Waals surface area (Å²) in [6, 6.07) is 0. The van der Waals surface area contributed by atoms with Crippen molar-refractivity contribution in [3.8, 4) is 0 Å². The third-order valence-corrected chi connectivity index (χ3v) is 4.34. The Kier molecular flexibility index (Phi) is 3.96. The van der Waals surface area contributed by atoms with Gasteiger partial charge in [0, 0.05) is 5.41 Å². The Bertz CT molecular complexity index is 171. The summed E-state index contributed by atoms with van der Waals surface area (Å²) in [5.74, 6) is 0. The first-order chi connectivity index (χ1) is 6.58. The second-order valence-electron chi connectivity index (χ2n) is 4.94. The minimum atomic E-state index is -0.434. The van der Waals surface area contributed by atoms with Crippen LogP contribution >= 0.6 is 0 Å². The highest BCUT2D eigenvalue weighted by molar-refractivity contribution is 4.97. The highest BCUT2D eigenvalue weighted by Gasteiger charge is 2.42. The van der Waals surface area contributed by atoms with E-state index in [4.69, 9.17) is 11.5 Å². The lowest BCUT2D eigenvalue weighted by molar-refractivity contribution is 0.0743. The number of nitrogens with two attached hydrogens (primary N) is 2. The zero-order chi connectivity index (χ0) is 10.7. The van der Waals surface area contributed by atoms with Gasteiger partial charge >= 0.3 is 0 Å². The molecule has 1 rings (SSSR count). The van der Waals surface area contributed by atoms with Gasteiger partial charge in [-0.25, -0.2) is 0 Å². The van der Waals surface area contributed by atoms with Crippen LogP contribution in [0.1, 0.15) is 65.2 Å². The van der Waals surface area contributed by atoms with Crippen LogP contribution in [0, 0.1) is 5.41 Å². The summed E-state index contributed by atoms with van der Waals surface area (Å²) < 4.78 is 0. The molecule has 1 fully saturated rings. The predicted octanol–water partition coefficient (Wildman–Crippen LogP) is 2.76. The van der Waals surface area contributed by atoms with E-state index in [1.165, 1.54) is 32.1 Å². The topological polar surface area (TPSA) is 52.0 Å². The van der Waals surface area contributed by atoms with E-state index in [1.54, 1.807) is 0 Å². The molecule has 0 spiro atoms. The Morgan fingerprint density at radius 3 is 1.86 bits per heavy atom. The number of hydrogen-bond donors (Lipinski definition) is 2. The molecule has 0 atom stereocenters. The normalized spacial score (nSPS) is 26.6. The van der Waals surface area contributed by atoms with Crippen molar-refractivity contribution in [2.75, 3.05) is 0 Å². The molecule has 0 unspecified atom stereocenters. The van der Waals surface area contributed by atoms with Gasteiger partial charge in [-0.2, -0.15) is 0 Å². The van der Waals surface area contributed by atoms with E-state index in [9.17, 15) is 0 Å². The van der Waals surface area contributed by atoms with Gasteiger partial charge in [0.25, 0.3) is 0 Å². The molecule has 14 heavy (non-hydrogen) atoms. The molecule has 2 nitrogen and oxygen atoms in total. The fraction of sp³-hybridized carbons (Fsp3) is 1.00. The lowest BCUT2D eigenvalue weighted by atomic mass is 9.65. The first-order valence-corrected chi connectivity index (χ1v) is 6.16. The molecule has 0 aromatic carbocycles. The van der Waals surface area contributed by atoms with Crippen LogP contribution in [0.3, 0.4) is 0 Å². The molecule has 2 heteroatoms. The van der Waals surface area contributed by atoms with Gasteiger partial charge in [-0.3, -0.25) is 0 Å². The Labute approximate surface area is 88.4 Å². The average Bonchev–Trinajstić information content (AvgIpc) is 2.14. The van der Waals surface area contributed by atoms with Gasteiger partial charge in [0.2, 0.25) is 0 Å². The molecule has 0 amide bonds. The summed E-state index contributed by atoms with van der Waals surface area (Å²) in [6.07, 6.45) is 9.62. The van der Waals surface area contributed by atoms with Crippen molar-refractivity contribution >= 4 is 0 Å². The van der Waals surface area contributed by atoms with Crippen molar-refractivity contribution in [2.45, 2.75) is 70.9 Å². The zero-order valence-corrected chi connectivity index (χ0v) is 9.81. The van der Waals surface area contributed by atoms with E-state index < -0.39 is 5.66 Å². The van der Waals surface area contributed by atoms with Crippen LogP contribution in [0.4, 0.5) is 0 Å². The first kappa shape index (κ1) is 12.0. The van der Waals surface area contributed by atoms with E-state index >= 15 is 0 Å². The van der Waals surface area contributed by atoms with Crippen molar-refractivity contribution in [1.29, 1.82) is 0 Å². The molecule has 0 aromatic rings. The summed E-state index contributed by atoms with van der Waals surface area (Å²) in [5.41, 5.74) is 12.4. The highest BCUT2D eigenvalue weighted by atomic mass is 15.0. The van der Waals surface area contributed by atoms with Crippen LogP contribution in [0.15, 0.2) is 0 Å². The third kappa shape index (κ3) is 2.12. The van der Waals surface area contributed by atoms with E-state index in [-0.39, 0.29) is 5.41 Å². The van der Waals surface area contributed by atoms with Crippen LogP contribution in [0.2, 0.25) is 0 Å². The largest absolute Gasteiger partial charge is 0.313 e.